The lowest BCUT2D eigenvalue weighted by atomic mass is 10.0. The van der Waals surface area contributed by atoms with Crippen LogP contribution in [-0.4, -0.2) is 48.5 Å². The van der Waals surface area contributed by atoms with E-state index in [-0.39, 0.29) is 37.1 Å². The van der Waals surface area contributed by atoms with Crippen LogP contribution < -0.4 is 4.74 Å². The summed E-state index contributed by atoms with van der Waals surface area (Å²) in [6.45, 7) is 17.3. The van der Waals surface area contributed by atoms with Gasteiger partial charge >= 0.3 is 7.82 Å². The minimum absolute atomic E-state index is 0.0652. The number of hydrogen-bond donors (Lipinski definition) is 0. The molecule has 1 unspecified atom stereocenters. The Bertz CT molecular complexity index is 965. The summed E-state index contributed by atoms with van der Waals surface area (Å²) in [5.41, 5.74) is 2.05. The van der Waals surface area contributed by atoms with Gasteiger partial charge in [0.15, 0.2) is 8.32 Å². The largest absolute Gasteiger partial charge is 0.497 e. The van der Waals surface area contributed by atoms with Crippen LogP contribution in [0.25, 0.3) is 0 Å². The molecule has 1 rings (SSSR count). The second-order valence-corrected chi connectivity index (χ2v) is 16.9. The number of rotatable bonds is 16. The highest BCUT2D eigenvalue weighted by atomic mass is 31.2. The first-order chi connectivity index (χ1) is 17.8. The summed E-state index contributed by atoms with van der Waals surface area (Å²) in [6, 6.07) is 7.87. The van der Waals surface area contributed by atoms with Crippen LogP contribution in [0.3, 0.4) is 0 Å². The summed E-state index contributed by atoms with van der Waals surface area (Å²) in [6.07, 6.45) is 3.67. The van der Waals surface area contributed by atoms with E-state index < -0.39 is 16.1 Å². The average molecular weight is 569 g/mol. The topological polar surface area (TPSA) is 72.5 Å². The van der Waals surface area contributed by atoms with E-state index >= 15 is 0 Å². The standard InChI is InChI=1S/C29H49O7PSi/c1-11-33-37(30,34-12-2)35-22-21-24(3)27(36-38(9,10)29(4,5)6)19-14-13-15-20-28(32-8)25-17-16-18-26(23-25)31-7/h16-18,21,23,27-28H,11-12,14,19-20,22H2,1-10H3/b24-21+/t27-,28?/m0/s1. The maximum Gasteiger partial charge on any atom is 0.475 e. The van der Waals surface area contributed by atoms with E-state index in [1.807, 2.05) is 37.3 Å². The molecule has 9 heteroatoms. The molecular formula is C29H49O7PSi. The first-order valence-electron chi connectivity index (χ1n) is 13.3. The van der Waals surface area contributed by atoms with Gasteiger partial charge in [0.05, 0.1) is 39.1 Å². The summed E-state index contributed by atoms with van der Waals surface area (Å²) in [4.78, 5) is 0. The van der Waals surface area contributed by atoms with Gasteiger partial charge in [0.1, 0.15) is 5.75 Å². The Balaban J connectivity index is 2.93. The van der Waals surface area contributed by atoms with E-state index in [2.05, 4.69) is 45.7 Å². The lowest BCUT2D eigenvalue weighted by Crippen LogP contribution is -2.44. The first kappa shape index (κ1) is 34.6. The third-order valence-electron chi connectivity index (χ3n) is 6.66. The monoisotopic (exact) mass is 568 g/mol. The molecule has 0 amide bonds. The van der Waals surface area contributed by atoms with Crippen molar-refractivity contribution in [1.29, 1.82) is 0 Å². The van der Waals surface area contributed by atoms with E-state index in [0.717, 1.165) is 23.3 Å². The molecule has 1 aromatic carbocycles. The van der Waals surface area contributed by atoms with Crippen molar-refractivity contribution >= 4 is 16.1 Å². The molecule has 0 aliphatic carbocycles. The minimum Gasteiger partial charge on any atom is -0.497 e. The number of benzene rings is 1. The molecule has 0 spiro atoms. The Morgan fingerprint density at radius 1 is 1.08 bits per heavy atom. The molecule has 0 radical (unpaired) electrons. The van der Waals surface area contributed by atoms with Gasteiger partial charge in [-0.05, 0) is 68.6 Å². The van der Waals surface area contributed by atoms with E-state index in [1.165, 1.54) is 0 Å². The molecule has 0 aromatic heterocycles. The van der Waals surface area contributed by atoms with Crippen molar-refractivity contribution in [3.05, 3.63) is 41.5 Å². The molecular weight excluding hydrogens is 519 g/mol. The number of ether oxygens (including phenoxy) is 2. The Kier molecular flexibility index (Phi) is 15.1. The fourth-order valence-corrected chi connectivity index (χ4v) is 5.85. The van der Waals surface area contributed by atoms with E-state index in [4.69, 9.17) is 27.5 Å². The van der Waals surface area contributed by atoms with Crippen molar-refractivity contribution in [3.63, 3.8) is 0 Å². The van der Waals surface area contributed by atoms with Crippen LogP contribution in [0.15, 0.2) is 35.9 Å². The van der Waals surface area contributed by atoms with Gasteiger partial charge in [-0.15, -0.1) is 11.8 Å². The van der Waals surface area contributed by atoms with Crippen LogP contribution in [0.2, 0.25) is 18.1 Å². The fraction of sp³-hybridized carbons (Fsp3) is 0.655. The molecule has 216 valence electrons. The maximum absolute atomic E-state index is 12.6. The molecule has 38 heavy (non-hydrogen) atoms. The van der Waals surface area contributed by atoms with Crippen LogP contribution in [0.1, 0.15) is 72.5 Å². The third kappa shape index (κ3) is 11.8. The fourth-order valence-electron chi connectivity index (χ4n) is 3.37. The molecule has 0 aliphatic rings. The molecule has 0 fully saturated rings. The van der Waals surface area contributed by atoms with Gasteiger partial charge in [0.2, 0.25) is 0 Å². The van der Waals surface area contributed by atoms with Gasteiger partial charge in [0, 0.05) is 20.0 Å². The molecule has 0 heterocycles. The Hall–Kier alpha value is -1.43. The lowest BCUT2D eigenvalue weighted by Gasteiger charge is -2.39. The van der Waals surface area contributed by atoms with E-state index in [9.17, 15) is 4.57 Å². The molecule has 7 nitrogen and oxygen atoms in total. The smallest absolute Gasteiger partial charge is 0.475 e. The summed E-state index contributed by atoms with van der Waals surface area (Å²) in [7, 11) is -2.26. The molecule has 0 saturated heterocycles. The zero-order valence-electron chi connectivity index (χ0n) is 25.1. The van der Waals surface area contributed by atoms with Gasteiger partial charge in [0.25, 0.3) is 0 Å². The van der Waals surface area contributed by atoms with Crippen LogP contribution >= 0.6 is 7.82 Å². The van der Waals surface area contributed by atoms with Crippen LogP contribution in [0, 0.1) is 11.8 Å². The van der Waals surface area contributed by atoms with E-state index in [0.29, 0.717) is 12.8 Å². The van der Waals surface area contributed by atoms with E-state index in [1.54, 1.807) is 28.1 Å². The summed E-state index contributed by atoms with van der Waals surface area (Å²) in [5, 5.41) is 0.0652. The van der Waals surface area contributed by atoms with Crippen LogP contribution in [0.5, 0.6) is 5.75 Å². The molecule has 0 bridgehead atoms. The van der Waals surface area contributed by atoms with Gasteiger partial charge in [-0.2, -0.15) is 0 Å². The Morgan fingerprint density at radius 2 is 1.74 bits per heavy atom. The number of phosphoric acid groups is 1. The third-order valence-corrected chi connectivity index (χ3v) is 12.8. The minimum atomic E-state index is -3.57. The van der Waals surface area contributed by atoms with Crippen molar-refractivity contribution in [1.82, 2.24) is 0 Å². The van der Waals surface area contributed by atoms with Crippen LogP contribution in [-0.2, 0) is 27.3 Å². The molecule has 0 N–H and O–H groups in total. The van der Waals surface area contributed by atoms with Crippen molar-refractivity contribution in [2.24, 2.45) is 0 Å². The zero-order valence-corrected chi connectivity index (χ0v) is 27.0. The highest BCUT2D eigenvalue weighted by molar-refractivity contribution is 7.48. The maximum atomic E-state index is 12.6. The second kappa shape index (κ2) is 16.6. The molecule has 0 aliphatic heterocycles. The summed E-state index contributed by atoms with van der Waals surface area (Å²) >= 11 is 0. The molecule has 1 aromatic rings. The van der Waals surface area contributed by atoms with Crippen molar-refractivity contribution in [2.75, 3.05) is 34.0 Å². The Labute approximate surface area is 232 Å². The van der Waals surface area contributed by atoms with Crippen LogP contribution in [0.4, 0.5) is 0 Å². The van der Waals surface area contributed by atoms with Crippen molar-refractivity contribution in [2.45, 2.75) is 91.1 Å². The van der Waals surface area contributed by atoms with Crippen molar-refractivity contribution in [3.8, 4) is 17.6 Å². The highest BCUT2D eigenvalue weighted by Gasteiger charge is 2.39. The lowest BCUT2D eigenvalue weighted by molar-refractivity contribution is 0.107. The average Bonchev–Trinajstić information content (AvgIpc) is 2.85. The van der Waals surface area contributed by atoms with Crippen molar-refractivity contribution < 1.29 is 32.0 Å². The normalized spacial score (nSPS) is 14.5. The summed E-state index contributed by atoms with van der Waals surface area (Å²) in [5.74, 6) is 7.38. The van der Waals surface area contributed by atoms with Gasteiger partial charge in [-0.25, -0.2) is 4.57 Å². The number of phosphoric ester groups is 1. The highest BCUT2D eigenvalue weighted by Crippen LogP contribution is 2.49. The van der Waals surface area contributed by atoms with Gasteiger partial charge in [-0.1, -0.05) is 39.0 Å². The quantitative estimate of drug-likeness (QED) is 0.0863. The predicted molar refractivity (Wildman–Crippen MR) is 157 cm³/mol. The number of hydrogen-bond acceptors (Lipinski definition) is 7. The second-order valence-electron chi connectivity index (χ2n) is 10.5. The Morgan fingerprint density at radius 3 is 2.29 bits per heavy atom. The number of methoxy groups -OCH3 is 2. The summed E-state index contributed by atoms with van der Waals surface area (Å²) < 4.78 is 46.3. The first-order valence-corrected chi connectivity index (χ1v) is 17.7. The molecule has 0 saturated carbocycles. The predicted octanol–water partition coefficient (Wildman–Crippen LogP) is 8.09. The molecule has 2 atom stereocenters. The van der Waals surface area contributed by atoms with Gasteiger partial charge < -0.3 is 13.9 Å². The zero-order chi connectivity index (χ0) is 28.8. The SMILES string of the molecule is CCOP(=O)(OCC)OC/C=C(\C)[C@H](CCC#CCC(OC)c1cccc(OC)c1)O[Si](C)(C)C(C)(C)C. The van der Waals surface area contributed by atoms with Gasteiger partial charge in [-0.3, -0.25) is 13.6 Å².